The van der Waals surface area contributed by atoms with Gasteiger partial charge in [-0.15, -0.1) is 0 Å². The van der Waals surface area contributed by atoms with Crippen LogP contribution in [0.4, 0.5) is 0 Å². The predicted octanol–water partition coefficient (Wildman–Crippen LogP) is 2.13. The van der Waals surface area contributed by atoms with Gasteiger partial charge in [-0.3, -0.25) is 14.8 Å². The summed E-state index contributed by atoms with van der Waals surface area (Å²) in [5, 5.41) is 4.93. The van der Waals surface area contributed by atoms with E-state index in [1.807, 2.05) is 30.3 Å². The van der Waals surface area contributed by atoms with Crippen LogP contribution in [0, 0.1) is 0 Å². The topological polar surface area (TPSA) is 72.4 Å². The number of nitrogens with one attached hydrogen (secondary N) is 1. The molecule has 0 amide bonds. The van der Waals surface area contributed by atoms with Crippen LogP contribution in [-0.4, -0.2) is 21.8 Å². The third-order valence-corrected chi connectivity index (χ3v) is 2.78. The third-order valence-electron chi connectivity index (χ3n) is 2.69. The van der Waals surface area contributed by atoms with Crippen molar-refractivity contribution in [3.05, 3.63) is 42.1 Å². The second kappa shape index (κ2) is 6.12. The molecule has 0 aliphatic rings. The van der Waals surface area contributed by atoms with Crippen LogP contribution >= 0.6 is 12.2 Å². The van der Waals surface area contributed by atoms with Crippen LogP contribution in [0.1, 0.15) is 17.3 Å². The smallest absolute Gasteiger partial charge is 0.227 e. The minimum Gasteiger partial charge on any atom is -0.375 e. The Balaban J connectivity index is 2.31. The molecular formula is C14H14N4OS. The average molecular weight is 286 g/mol. The number of nitrogens with zero attached hydrogens (tertiary/aromatic N) is 2. The molecule has 0 fully saturated rings. The number of allylic oxidation sites excluding steroid dienone is 1. The number of nitrogens with two attached hydrogens (primary N) is 1. The molecule has 0 radical (unpaired) electrons. The van der Waals surface area contributed by atoms with Crippen molar-refractivity contribution in [2.24, 2.45) is 10.8 Å². The number of hydrogen-bond acceptors (Lipinski definition) is 3. The van der Waals surface area contributed by atoms with Crippen LogP contribution < -0.4 is 11.2 Å². The highest BCUT2D eigenvalue weighted by Gasteiger charge is 2.07. The highest BCUT2D eigenvalue weighted by Crippen LogP contribution is 2.22. The Morgan fingerprint density at radius 3 is 2.90 bits per heavy atom. The first kappa shape index (κ1) is 14.0. The Bertz CT molecular complexity index is 715. The quantitative estimate of drug-likeness (QED) is 0.515. The molecule has 0 aliphatic heterocycles. The highest BCUT2D eigenvalue weighted by atomic mass is 32.1. The predicted molar refractivity (Wildman–Crippen MR) is 85.7 cm³/mol. The van der Waals surface area contributed by atoms with Crippen LogP contribution in [0.25, 0.3) is 17.0 Å². The van der Waals surface area contributed by atoms with Gasteiger partial charge in [-0.25, -0.2) is 0 Å². The van der Waals surface area contributed by atoms with Gasteiger partial charge in [0.25, 0.3) is 0 Å². The number of rotatable bonds is 3. The van der Waals surface area contributed by atoms with Gasteiger partial charge in [0.15, 0.2) is 5.11 Å². The number of carbonyl (C=O) groups is 1. The zero-order valence-electron chi connectivity index (χ0n) is 10.9. The van der Waals surface area contributed by atoms with Crippen molar-refractivity contribution >= 4 is 46.4 Å². The van der Waals surface area contributed by atoms with Gasteiger partial charge in [-0.1, -0.05) is 24.3 Å². The molecule has 0 aliphatic carbocycles. The molecule has 6 heteroatoms. The van der Waals surface area contributed by atoms with Gasteiger partial charge in [0.05, 0.1) is 5.52 Å². The standard InChI is InChI=1S/C14H14N4OS/c1-10(19)18-9-11(5-4-8-16-17-14(15)20)12-6-2-3-7-13(12)18/h2-9H,1H3,(H3,15,17,20)/b5-4+,16-8+. The molecule has 0 atom stereocenters. The maximum atomic E-state index is 11.6. The number of aromatic nitrogens is 1. The lowest BCUT2D eigenvalue weighted by Crippen LogP contribution is -2.23. The molecule has 1 aromatic carbocycles. The molecule has 102 valence electrons. The molecule has 0 unspecified atom stereocenters. The molecule has 0 saturated carbocycles. The summed E-state index contributed by atoms with van der Waals surface area (Å²) < 4.78 is 1.62. The SMILES string of the molecule is CC(=O)n1cc(/C=C/C=N/NC(N)=S)c2ccccc21. The van der Waals surface area contributed by atoms with E-state index in [-0.39, 0.29) is 11.0 Å². The Morgan fingerprint density at radius 1 is 1.45 bits per heavy atom. The fraction of sp³-hybridized carbons (Fsp3) is 0.0714. The van der Waals surface area contributed by atoms with Gasteiger partial charge in [-0.05, 0) is 24.4 Å². The van der Waals surface area contributed by atoms with E-state index in [0.717, 1.165) is 16.5 Å². The fourth-order valence-corrected chi connectivity index (χ4v) is 1.94. The van der Waals surface area contributed by atoms with E-state index in [1.54, 1.807) is 23.1 Å². The third kappa shape index (κ3) is 3.10. The Morgan fingerprint density at radius 2 is 2.20 bits per heavy atom. The van der Waals surface area contributed by atoms with Gasteiger partial charge >= 0.3 is 0 Å². The summed E-state index contributed by atoms with van der Waals surface area (Å²) in [6.07, 6.45) is 6.96. The van der Waals surface area contributed by atoms with Crippen LogP contribution in [0.15, 0.2) is 41.6 Å². The first-order valence-electron chi connectivity index (χ1n) is 5.96. The van der Waals surface area contributed by atoms with E-state index in [2.05, 4.69) is 22.7 Å². The second-order valence-electron chi connectivity index (χ2n) is 4.10. The minimum atomic E-state index is -0.0235. The summed E-state index contributed by atoms with van der Waals surface area (Å²) in [4.78, 5) is 11.6. The number of benzene rings is 1. The maximum absolute atomic E-state index is 11.6. The first-order chi connectivity index (χ1) is 9.59. The van der Waals surface area contributed by atoms with Crippen molar-refractivity contribution in [2.45, 2.75) is 6.92 Å². The molecule has 0 saturated heterocycles. The Labute approximate surface area is 121 Å². The lowest BCUT2D eigenvalue weighted by molar-refractivity contribution is 0.0941. The summed E-state index contributed by atoms with van der Waals surface area (Å²) in [5.41, 5.74) is 9.53. The van der Waals surface area contributed by atoms with Crippen molar-refractivity contribution < 1.29 is 4.79 Å². The van der Waals surface area contributed by atoms with Crippen molar-refractivity contribution in [1.82, 2.24) is 9.99 Å². The number of hydrazone groups is 1. The molecule has 0 bridgehead atoms. The van der Waals surface area contributed by atoms with Crippen LogP contribution in [-0.2, 0) is 0 Å². The van der Waals surface area contributed by atoms with Crippen LogP contribution in [0.2, 0.25) is 0 Å². The first-order valence-corrected chi connectivity index (χ1v) is 6.36. The zero-order chi connectivity index (χ0) is 14.5. The van der Waals surface area contributed by atoms with E-state index in [4.69, 9.17) is 5.73 Å². The van der Waals surface area contributed by atoms with E-state index in [9.17, 15) is 4.79 Å². The molecular weight excluding hydrogens is 272 g/mol. The molecule has 5 nitrogen and oxygen atoms in total. The molecule has 2 aromatic rings. The van der Waals surface area contributed by atoms with Crippen molar-refractivity contribution in [2.75, 3.05) is 0 Å². The molecule has 1 aromatic heterocycles. The Kier molecular flexibility index (Phi) is 4.27. The van der Waals surface area contributed by atoms with E-state index in [0.29, 0.717) is 0 Å². The summed E-state index contributed by atoms with van der Waals surface area (Å²) >= 11 is 4.62. The van der Waals surface area contributed by atoms with E-state index in [1.165, 1.54) is 6.92 Å². The lowest BCUT2D eigenvalue weighted by Gasteiger charge is -1.96. The largest absolute Gasteiger partial charge is 0.375 e. The van der Waals surface area contributed by atoms with Crippen LogP contribution in [0.5, 0.6) is 0 Å². The van der Waals surface area contributed by atoms with Gasteiger partial charge in [0.2, 0.25) is 5.91 Å². The van der Waals surface area contributed by atoms with Gasteiger partial charge in [0.1, 0.15) is 0 Å². The number of thiocarbonyl (C=S) groups is 1. The fourth-order valence-electron chi connectivity index (χ4n) is 1.89. The normalized spacial score (nSPS) is 11.4. The summed E-state index contributed by atoms with van der Waals surface area (Å²) in [5.74, 6) is -0.0235. The van der Waals surface area contributed by atoms with Crippen molar-refractivity contribution in [3.8, 4) is 0 Å². The number of fused-ring (bicyclic) bond motifs is 1. The second-order valence-corrected chi connectivity index (χ2v) is 4.54. The molecule has 20 heavy (non-hydrogen) atoms. The minimum absolute atomic E-state index is 0.0235. The summed E-state index contributed by atoms with van der Waals surface area (Å²) in [6.45, 7) is 1.54. The van der Waals surface area contributed by atoms with Crippen molar-refractivity contribution in [3.63, 3.8) is 0 Å². The summed E-state index contributed by atoms with van der Waals surface area (Å²) in [7, 11) is 0. The zero-order valence-corrected chi connectivity index (χ0v) is 11.7. The van der Waals surface area contributed by atoms with Gasteiger partial charge < -0.3 is 5.73 Å². The van der Waals surface area contributed by atoms with Crippen molar-refractivity contribution in [1.29, 1.82) is 0 Å². The molecule has 0 spiro atoms. The average Bonchev–Trinajstić information content (AvgIpc) is 2.77. The van der Waals surface area contributed by atoms with E-state index >= 15 is 0 Å². The number of carbonyl (C=O) groups excluding carboxylic acids is 1. The van der Waals surface area contributed by atoms with E-state index < -0.39 is 0 Å². The lowest BCUT2D eigenvalue weighted by atomic mass is 10.1. The highest BCUT2D eigenvalue weighted by molar-refractivity contribution is 7.80. The monoisotopic (exact) mass is 286 g/mol. The molecule has 2 rings (SSSR count). The summed E-state index contributed by atoms with van der Waals surface area (Å²) in [6, 6.07) is 7.73. The van der Waals surface area contributed by atoms with Crippen LogP contribution in [0.3, 0.4) is 0 Å². The van der Waals surface area contributed by atoms with Gasteiger partial charge in [0, 0.05) is 30.3 Å². The van der Waals surface area contributed by atoms with Gasteiger partial charge in [-0.2, -0.15) is 5.10 Å². The molecule has 3 N–H and O–H groups in total. The maximum Gasteiger partial charge on any atom is 0.227 e. The number of hydrogen-bond donors (Lipinski definition) is 2. The number of para-hydroxylation sites is 1. The molecule has 1 heterocycles. The Hall–Kier alpha value is -2.47.